The normalized spacial score (nSPS) is 13.4. The number of hydrogen-bond acceptors (Lipinski definition) is 3. The number of thioether (sulfide) groups is 1. The Balaban J connectivity index is 2.06. The van der Waals surface area contributed by atoms with Crippen LogP contribution < -0.4 is 0 Å². The van der Waals surface area contributed by atoms with Gasteiger partial charge in [-0.2, -0.15) is 4.74 Å². The third-order valence-corrected chi connectivity index (χ3v) is 5.15. The Hall–Kier alpha value is -2.24. The van der Waals surface area contributed by atoms with Crippen LogP contribution in [0.2, 0.25) is 5.02 Å². The Bertz CT molecular complexity index is 964. The fourth-order valence-corrected chi connectivity index (χ4v) is 3.65. The summed E-state index contributed by atoms with van der Waals surface area (Å²) in [6, 6.07) is 13.6. The van der Waals surface area contributed by atoms with Crippen LogP contribution in [0.5, 0.6) is 0 Å². The van der Waals surface area contributed by atoms with Gasteiger partial charge < -0.3 is 5.21 Å². The monoisotopic (exact) mass is 355 g/mol. The first-order valence-corrected chi connectivity index (χ1v) is 9.07. The molecular weight excluding hydrogens is 342 g/mol. The third-order valence-electron chi connectivity index (χ3n) is 4.10. The fourth-order valence-electron chi connectivity index (χ4n) is 2.99. The first-order valence-electron chi connectivity index (χ1n) is 7.46. The highest BCUT2D eigenvalue weighted by Crippen LogP contribution is 2.30. The minimum atomic E-state index is 0.177. The van der Waals surface area contributed by atoms with Gasteiger partial charge in [-0.3, -0.25) is 4.57 Å². The number of hydroxylamine groups is 1. The van der Waals surface area contributed by atoms with Crippen molar-refractivity contribution in [1.29, 1.82) is 0 Å². The average Bonchev–Trinajstić information content (AvgIpc) is 3.00. The Labute approximate surface area is 149 Å². The first-order chi connectivity index (χ1) is 11.7. The van der Waals surface area contributed by atoms with Crippen LogP contribution >= 0.6 is 23.4 Å². The minimum Gasteiger partial charge on any atom is -0.623 e. The largest absolute Gasteiger partial charge is 0.623 e. The molecule has 0 unspecified atom stereocenters. The highest BCUT2D eigenvalue weighted by atomic mass is 35.5. The summed E-state index contributed by atoms with van der Waals surface area (Å²) in [5.74, 6) is 0.713. The van der Waals surface area contributed by atoms with E-state index in [0.717, 1.165) is 26.4 Å². The van der Waals surface area contributed by atoms with Crippen molar-refractivity contribution in [3.8, 4) is 5.69 Å². The van der Waals surface area contributed by atoms with Crippen LogP contribution in [0.3, 0.4) is 0 Å². The molecule has 0 atom stereocenters. The molecule has 6 heteroatoms. The number of imidazole rings is 1. The first kappa shape index (κ1) is 15.3. The summed E-state index contributed by atoms with van der Waals surface area (Å²) in [6.45, 7) is 0.177. The Morgan fingerprint density at radius 3 is 2.83 bits per heavy atom. The zero-order valence-corrected chi connectivity index (χ0v) is 14.5. The van der Waals surface area contributed by atoms with Gasteiger partial charge in [0.1, 0.15) is 0 Å². The van der Waals surface area contributed by atoms with Crippen molar-refractivity contribution in [3.05, 3.63) is 82.0 Å². The van der Waals surface area contributed by atoms with Crippen LogP contribution in [0.15, 0.2) is 59.8 Å². The summed E-state index contributed by atoms with van der Waals surface area (Å²) in [4.78, 5) is 5.42. The average molecular weight is 356 g/mol. The van der Waals surface area contributed by atoms with Crippen molar-refractivity contribution >= 4 is 29.1 Å². The molecule has 1 aliphatic heterocycles. The Morgan fingerprint density at radius 2 is 2.04 bits per heavy atom. The van der Waals surface area contributed by atoms with Gasteiger partial charge in [-0.25, -0.2) is 4.98 Å². The summed E-state index contributed by atoms with van der Waals surface area (Å²) in [5.41, 5.74) is 3.12. The van der Waals surface area contributed by atoms with E-state index in [-0.39, 0.29) is 6.54 Å². The molecule has 3 aromatic rings. The summed E-state index contributed by atoms with van der Waals surface area (Å²) in [5, 5.41) is 13.5. The smallest absolute Gasteiger partial charge is 0.229 e. The molecule has 0 spiro atoms. The summed E-state index contributed by atoms with van der Waals surface area (Å²) in [6.07, 6.45) is 5.62. The summed E-state index contributed by atoms with van der Waals surface area (Å²) in [7, 11) is 0. The van der Waals surface area contributed by atoms with Gasteiger partial charge in [0.05, 0.1) is 21.8 Å². The van der Waals surface area contributed by atoms with Gasteiger partial charge >= 0.3 is 0 Å². The van der Waals surface area contributed by atoms with E-state index in [0.29, 0.717) is 16.6 Å². The number of rotatable bonds is 2. The molecule has 0 saturated heterocycles. The maximum Gasteiger partial charge on any atom is 0.229 e. The molecule has 4 rings (SSSR count). The van der Waals surface area contributed by atoms with Gasteiger partial charge in [0.25, 0.3) is 0 Å². The van der Waals surface area contributed by atoms with E-state index in [2.05, 4.69) is 11.1 Å². The van der Waals surface area contributed by atoms with E-state index in [1.54, 1.807) is 24.0 Å². The van der Waals surface area contributed by atoms with Gasteiger partial charge in [-0.1, -0.05) is 23.7 Å². The molecule has 24 heavy (non-hydrogen) atoms. The SMILES string of the molecule is CSc1ccc2c(c1)C(c1ccccc1Cl)=[N+]([O-])Cc1nccn1-2. The molecule has 0 fully saturated rings. The van der Waals surface area contributed by atoms with Gasteiger partial charge in [-0.05, 0) is 36.6 Å². The lowest BCUT2D eigenvalue weighted by atomic mass is 10.0. The van der Waals surface area contributed by atoms with Crippen LogP contribution in [0.1, 0.15) is 17.0 Å². The summed E-state index contributed by atoms with van der Waals surface area (Å²) < 4.78 is 2.95. The number of benzene rings is 2. The molecule has 2 heterocycles. The molecule has 0 radical (unpaired) electrons. The lowest BCUT2D eigenvalue weighted by Gasteiger charge is -2.13. The quantitative estimate of drug-likeness (QED) is 0.395. The van der Waals surface area contributed by atoms with Crippen molar-refractivity contribution in [3.63, 3.8) is 0 Å². The number of fused-ring (bicyclic) bond motifs is 3. The maximum atomic E-state index is 13.0. The fraction of sp³-hybridized carbons (Fsp3) is 0.111. The van der Waals surface area contributed by atoms with Crippen molar-refractivity contribution in [2.75, 3.05) is 6.26 Å². The van der Waals surface area contributed by atoms with E-state index >= 15 is 0 Å². The molecule has 2 aromatic carbocycles. The van der Waals surface area contributed by atoms with E-state index < -0.39 is 0 Å². The third kappa shape index (κ3) is 2.41. The lowest BCUT2D eigenvalue weighted by Crippen LogP contribution is -2.18. The highest BCUT2D eigenvalue weighted by molar-refractivity contribution is 7.98. The van der Waals surface area contributed by atoms with Crippen LogP contribution in [-0.4, -0.2) is 26.3 Å². The number of nitrogens with zero attached hydrogens (tertiary/aromatic N) is 3. The Morgan fingerprint density at radius 1 is 1.21 bits per heavy atom. The van der Waals surface area contributed by atoms with Crippen molar-refractivity contribution in [1.82, 2.24) is 9.55 Å². The van der Waals surface area contributed by atoms with Gasteiger partial charge in [0, 0.05) is 17.3 Å². The molecule has 120 valence electrons. The molecule has 1 aromatic heterocycles. The molecule has 1 aliphatic rings. The molecule has 0 bridgehead atoms. The molecule has 0 saturated carbocycles. The van der Waals surface area contributed by atoms with E-state index in [9.17, 15) is 5.21 Å². The van der Waals surface area contributed by atoms with Crippen LogP contribution in [-0.2, 0) is 6.54 Å². The van der Waals surface area contributed by atoms with E-state index in [4.69, 9.17) is 11.6 Å². The second-order valence-corrected chi connectivity index (χ2v) is 6.75. The van der Waals surface area contributed by atoms with Crippen LogP contribution in [0.4, 0.5) is 0 Å². The number of hydrogen-bond donors (Lipinski definition) is 0. The molecular formula is C18H14ClN3OS. The predicted octanol–water partition coefficient (Wildman–Crippen LogP) is 4.11. The van der Waals surface area contributed by atoms with Crippen LogP contribution in [0.25, 0.3) is 5.69 Å². The van der Waals surface area contributed by atoms with E-state index in [1.807, 2.05) is 47.4 Å². The van der Waals surface area contributed by atoms with Crippen LogP contribution in [0, 0.1) is 5.21 Å². The van der Waals surface area contributed by atoms with Gasteiger partial charge in [0.2, 0.25) is 12.3 Å². The second-order valence-electron chi connectivity index (χ2n) is 5.46. The molecule has 0 amide bonds. The molecule has 0 aliphatic carbocycles. The van der Waals surface area contributed by atoms with Crippen molar-refractivity contribution in [2.24, 2.45) is 0 Å². The standard InChI is InChI=1S/C18H14ClN3OS/c1-24-12-6-7-16-14(10-12)18(13-4-2-3-5-15(13)19)22(23)11-17-20-8-9-21(16)17/h2-10H,11H2,1H3. The number of halogens is 1. The molecule has 0 N–H and O–H groups in total. The van der Waals surface area contributed by atoms with Gasteiger partial charge in [-0.15, -0.1) is 11.8 Å². The van der Waals surface area contributed by atoms with Gasteiger partial charge in [0.15, 0.2) is 5.82 Å². The zero-order chi connectivity index (χ0) is 16.7. The highest BCUT2D eigenvalue weighted by Gasteiger charge is 2.28. The van der Waals surface area contributed by atoms with E-state index in [1.165, 1.54) is 0 Å². The second kappa shape index (κ2) is 6.00. The predicted molar refractivity (Wildman–Crippen MR) is 97.3 cm³/mol. The van der Waals surface area contributed by atoms with Crippen molar-refractivity contribution in [2.45, 2.75) is 11.4 Å². The lowest BCUT2D eigenvalue weighted by molar-refractivity contribution is -0.475. The summed E-state index contributed by atoms with van der Waals surface area (Å²) >= 11 is 8.03. The molecule has 4 nitrogen and oxygen atoms in total. The topological polar surface area (TPSA) is 43.9 Å². The number of aromatic nitrogens is 2. The minimum absolute atomic E-state index is 0.177. The Kier molecular flexibility index (Phi) is 3.82. The zero-order valence-electron chi connectivity index (χ0n) is 12.9. The maximum absolute atomic E-state index is 13.0. The van der Waals surface area contributed by atoms with Crippen molar-refractivity contribution < 1.29 is 4.74 Å².